The van der Waals surface area contributed by atoms with Crippen molar-refractivity contribution in [2.24, 2.45) is 11.8 Å². The summed E-state index contributed by atoms with van der Waals surface area (Å²) in [5, 5.41) is 2.76. The Hall–Kier alpha value is -1.95. The minimum atomic E-state index is -0.440. The summed E-state index contributed by atoms with van der Waals surface area (Å²) in [4.78, 5) is 14.6. The number of rotatable bonds is 6. The first-order valence-electron chi connectivity index (χ1n) is 9.03. The van der Waals surface area contributed by atoms with Gasteiger partial charge in [0.25, 0.3) is 0 Å². The lowest BCUT2D eigenvalue weighted by Gasteiger charge is -2.49. The number of ether oxygens (including phenoxy) is 3. The normalized spacial score (nSPS) is 27.6. The van der Waals surface area contributed by atoms with Gasteiger partial charge in [-0.1, -0.05) is 13.3 Å². The first kappa shape index (κ1) is 17.9. The summed E-state index contributed by atoms with van der Waals surface area (Å²) < 4.78 is 15.9. The van der Waals surface area contributed by atoms with Crippen LogP contribution in [0.2, 0.25) is 0 Å². The van der Waals surface area contributed by atoms with Crippen molar-refractivity contribution < 1.29 is 19.0 Å². The van der Waals surface area contributed by atoms with Crippen molar-refractivity contribution in [1.29, 1.82) is 0 Å². The smallest absolute Gasteiger partial charge is 0.411 e. The molecule has 3 aliphatic rings. The Kier molecular flexibility index (Phi) is 5.68. The fraction of sp³-hybridized carbons (Fsp3) is 0.632. The highest BCUT2D eigenvalue weighted by Gasteiger charge is 2.39. The Labute approximate surface area is 149 Å². The Morgan fingerprint density at radius 3 is 2.52 bits per heavy atom. The number of fused-ring (bicyclic) bond motifs is 3. The highest BCUT2D eigenvalue weighted by molar-refractivity contribution is 5.85. The van der Waals surface area contributed by atoms with Crippen LogP contribution in [0.15, 0.2) is 18.2 Å². The van der Waals surface area contributed by atoms with E-state index in [1.807, 2.05) is 0 Å². The van der Waals surface area contributed by atoms with E-state index in [-0.39, 0.29) is 0 Å². The van der Waals surface area contributed by atoms with Crippen molar-refractivity contribution in [3.63, 3.8) is 0 Å². The Morgan fingerprint density at radius 1 is 1.24 bits per heavy atom. The van der Waals surface area contributed by atoms with Crippen LogP contribution in [-0.2, 0) is 4.74 Å². The zero-order valence-corrected chi connectivity index (χ0v) is 15.3. The molecule has 138 valence electrons. The maximum absolute atomic E-state index is 12.1. The van der Waals surface area contributed by atoms with Crippen LogP contribution in [0.4, 0.5) is 10.5 Å². The number of benzene rings is 1. The Morgan fingerprint density at radius 2 is 1.96 bits per heavy atom. The number of carbonyl (C=O) groups is 1. The highest BCUT2D eigenvalue weighted by atomic mass is 16.5. The van der Waals surface area contributed by atoms with E-state index in [1.165, 1.54) is 12.8 Å². The van der Waals surface area contributed by atoms with E-state index in [1.54, 1.807) is 32.4 Å². The largest absolute Gasteiger partial charge is 0.497 e. The molecule has 3 aliphatic heterocycles. The van der Waals surface area contributed by atoms with Gasteiger partial charge in [0.05, 0.1) is 19.9 Å². The van der Waals surface area contributed by atoms with Crippen LogP contribution in [0, 0.1) is 11.8 Å². The molecule has 3 heterocycles. The van der Waals surface area contributed by atoms with Crippen molar-refractivity contribution >= 4 is 11.8 Å². The van der Waals surface area contributed by atoms with Crippen molar-refractivity contribution in [1.82, 2.24) is 4.90 Å². The molecule has 4 rings (SSSR count). The molecule has 0 saturated carbocycles. The quantitative estimate of drug-likeness (QED) is 0.854. The van der Waals surface area contributed by atoms with E-state index < -0.39 is 6.09 Å². The van der Waals surface area contributed by atoms with Crippen LogP contribution in [-0.4, -0.2) is 51.0 Å². The summed E-state index contributed by atoms with van der Waals surface area (Å²) in [6, 6.07) is 5.59. The predicted molar refractivity (Wildman–Crippen MR) is 96.4 cm³/mol. The lowest BCUT2D eigenvalue weighted by atomic mass is 9.75. The van der Waals surface area contributed by atoms with Gasteiger partial charge in [0, 0.05) is 30.8 Å². The van der Waals surface area contributed by atoms with Crippen molar-refractivity contribution in [2.75, 3.05) is 39.2 Å². The van der Waals surface area contributed by atoms with Crippen LogP contribution < -0.4 is 14.8 Å². The molecule has 1 unspecified atom stereocenters. The second-order valence-corrected chi connectivity index (χ2v) is 6.93. The van der Waals surface area contributed by atoms with Gasteiger partial charge in [-0.2, -0.15) is 0 Å². The van der Waals surface area contributed by atoms with Crippen LogP contribution in [0.3, 0.4) is 0 Å². The van der Waals surface area contributed by atoms with Gasteiger partial charge in [0.1, 0.15) is 18.1 Å². The molecule has 3 fully saturated rings. The molecular formula is C19H28N2O4. The van der Waals surface area contributed by atoms with Crippen LogP contribution in [0.1, 0.15) is 26.2 Å². The van der Waals surface area contributed by atoms with E-state index in [0.29, 0.717) is 29.8 Å². The highest BCUT2D eigenvalue weighted by Crippen LogP contribution is 2.37. The number of anilines is 1. The molecule has 6 heteroatoms. The van der Waals surface area contributed by atoms with E-state index in [4.69, 9.17) is 14.2 Å². The number of amides is 1. The fourth-order valence-electron chi connectivity index (χ4n) is 4.09. The summed E-state index contributed by atoms with van der Waals surface area (Å²) in [7, 11) is 3.15. The fourth-order valence-corrected chi connectivity index (χ4v) is 4.09. The molecule has 1 aromatic rings. The molecule has 1 aromatic carbocycles. The third kappa shape index (κ3) is 4.18. The Balaban J connectivity index is 1.52. The van der Waals surface area contributed by atoms with Gasteiger partial charge in [0.15, 0.2) is 0 Å². The standard InChI is InChI=1S/C19H28N2O4/c1-4-13-11-21-6-5-14(13)7-16(21)12-25-19(22)20-15-8-17(23-2)10-18(9-15)24-3/h8-10,13-14,16H,4-7,11-12H2,1-3H3,(H,20,22)/t13-,14-,16+/m0/s1. The number of carbonyl (C=O) groups excluding carboxylic acids is 1. The molecule has 2 bridgehead atoms. The molecule has 6 nitrogen and oxygen atoms in total. The molecule has 0 aliphatic carbocycles. The van der Waals surface area contributed by atoms with Crippen LogP contribution in [0.5, 0.6) is 11.5 Å². The SMILES string of the molecule is CC[C@H]1CN2CC[C@H]1C[C@@H]2COC(=O)Nc1cc(OC)cc(OC)c1. The van der Waals surface area contributed by atoms with E-state index in [2.05, 4.69) is 17.1 Å². The minimum absolute atomic E-state index is 0.354. The molecule has 25 heavy (non-hydrogen) atoms. The van der Waals surface area contributed by atoms with Crippen LogP contribution >= 0.6 is 0 Å². The number of nitrogens with one attached hydrogen (secondary N) is 1. The van der Waals surface area contributed by atoms with Crippen molar-refractivity contribution in [3.8, 4) is 11.5 Å². The number of methoxy groups -OCH3 is 2. The average Bonchev–Trinajstić information content (AvgIpc) is 2.66. The second kappa shape index (κ2) is 7.95. The summed E-state index contributed by atoms with van der Waals surface area (Å²) in [6.45, 7) is 4.99. The van der Waals surface area contributed by atoms with Gasteiger partial charge in [-0.3, -0.25) is 10.2 Å². The monoisotopic (exact) mass is 348 g/mol. The third-order valence-electron chi connectivity index (χ3n) is 5.54. The van der Waals surface area contributed by atoms with E-state index in [9.17, 15) is 4.79 Å². The first-order chi connectivity index (χ1) is 12.1. The minimum Gasteiger partial charge on any atom is -0.497 e. The van der Waals surface area contributed by atoms with Gasteiger partial charge >= 0.3 is 6.09 Å². The lowest BCUT2D eigenvalue weighted by molar-refractivity contribution is -0.0240. The number of hydrogen-bond acceptors (Lipinski definition) is 5. The summed E-state index contributed by atoms with van der Waals surface area (Å²) in [5.74, 6) is 2.84. The lowest BCUT2D eigenvalue weighted by Crippen LogP contribution is -2.54. The van der Waals surface area contributed by atoms with Gasteiger partial charge in [-0.15, -0.1) is 0 Å². The molecule has 3 saturated heterocycles. The number of hydrogen-bond donors (Lipinski definition) is 1. The molecule has 1 N–H and O–H groups in total. The maximum Gasteiger partial charge on any atom is 0.411 e. The van der Waals surface area contributed by atoms with Gasteiger partial charge in [-0.05, 0) is 31.2 Å². The zero-order valence-electron chi connectivity index (χ0n) is 15.3. The first-order valence-corrected chi connectivity index (χ1v) is 9.03. The zero-order chi connectivity index (χ0) is 17.8. The summed E-state index contributed by atoms with van der Waals surface area (Å²) >= 11 is 0. The van der Waals surface area contributed by atoms with E-state index in [0.717, 1.165) is 31.3 Å². The number of piperidine rings is 3. The molecular weight excluding hydrogens is 320 g/mol. The van der Waals surface area contributed by atoms with Crippen molar-refractivity contribution in [2.45, 2.75) is 32.2 Å². The summed E-state index contributed by atoms with van der Waals surface area (Å²) in [5.41, 5.74) is 0.595. The molecule has 1 amide bonds. The molecule has 0 aromatic heterocycles. The average molecular weight is 348 g/mol. The topological polar surface area (TPSA) is 60.0 Å². The second-order valence-electron chi connectivity index (χ2n) is 6.93. The Bertz CT molecular complexity index is 585. The maximum atomic E-state index is 12.1. The molecule has 0 spiro atoms. The summed E-state index contributed by atoms with van der Waals surface area (Å²) in [6.07, 6.45) is 3.22. The molecule has 4 atom stereocenters. The predicted octanol–water partition coefficient (Wildman–Crippen LogP) is 3.37. The van der Waals surface area contributed by atoms with Crippen LogP contribution in [0.25, 0.3) is 0 Å². The molecule has 0 radical (unpaired) electrons. The van der Waals surface area contributed by atoms with Gasteiger partial charge < -0.3 is 14.2 Å². The van der Waals surface area contributed by atoms with Gasteiger partial charge in [-0.25, -0.2) is 4.79 Å². The number of nitrogens with zero attached hydrogens (tertiary/aromatic N) is 1. The third-order valence-corrected chi connectivity index (χ3v) is 5.54. The van der Waals surface area contributed by atoms with E-state index >= 15 is 0 Å². The van der Waals surface area contributed by atoms with Gasteiger partial charge in [0.2, 0.25) is 0 Å². The van der Waals surface area contributed by atoms with Crippen molar-refractivity contribution in [3.05, 3.63) is 18.2 Å².